The summed E-state index contributed by atoms with van der Waals surface area (Å²) in [5, 5.41) is 12.5. The summed E-state index contributed by atoms with van der Waals surface area (Å²) in [6.07, 6.45) is 0.926. The summed E-state index contributed by atoms with van der Waals surface area (Å²) >= 11 is 0. The van der Waals surface area contributed by atoms with Crippen molar-refractivity contribution in [3.05, 3.63) is 59.7 Å². The average molecular weight is 299 g/mol. The first-order chi connectivity index (χ1) is 10.6. The van der Waals surface area contributed by atoms with Crippen LogP contribution in [0.4, 0.5) is 5.69 Å². The largest absolute Gasteiger partial charge is 0.506 e. The van der Waals surface area contributed by atoms with Crippen molar-refractivity contribution < 1.29 is 19.4 Å². The molecule has 2 aromatic carbocycles. The number of aryl methyl sites for hydroxylation is 1. The van der Waals surface area contributed by atoms with Gasteiger partial charge in [0, 0.05) is 6.42 Å². The monoisotopic (exact) mass is 299 g/mol. The molecule has 2 aromatic rings. The van der Waals surface area contributed by atoms with Gasteiger partial charge in [-0.25, -0.2) is 4.79 Å². The van der Waals surface area contributed by atoms with Crippen LogP contribution in [-0.2, 0) is 16.0 Å². The number of hydrogen-bond acceptors (Lipinski definition) is 4. The van der Waals surface area contributed by atoms with Crippen molar-refractivity contribution in [3.8, 4) is 5.75 Å². The molecule has 0 aromatic heterocycles. The van der Waals surface area contributed by atoms with Crippen molar-refractivity contribution in [2.75, 3.05) is 12.4 Å². The summed E-state index contributed by atoms with van der Waals surface area (Å²) in [5.41, 5.74) is 1.57. The maximum atomic E-state index is 11.9. The second-order valence-corrected chi connectivity index (χ2v) is 4.76. The predicted molar refractivity (Wildman–Crippen MR) is 82.8 cm³/mol. The number of hydrogen-bond donors (Lipinski definition) is 2. The van der Waals surface area contributed by atoms with Crippen LogP contribution in [0.15, 0.2) is 48.5 Å². The van der Waals surface area contributed by atoms with E-state index in [1.807, 2.05) is 30.3 Å². The zero-order chi connectivity index (χ0) is 15.9. The Morgan fingerprint density at radius 1 is 1.14 bits per heavy atom. The first-order valence-electron chi connectivity index (χ1n) is 6.85. The highest BCUT2D eigenvalue weighted by Gasteiger charge is 2.11. The molecule has 2 N–H and O–H groups in total. The smallest absolute Gasteiger partial charge is 0.337 e. The number of esters is 1. The van der Waals surface area contributed by atoms with Crippen LogP contribution in [0.1, 0.15) is 22.3 Å². The molecule has 0 unspecified atom stereocenters. The number of phenols is 1. The Bertz CT molecular complexity index is 668. The molecule has 0 radical (unpaired) electrons. The lowest BCUT2D eigenvalue weighted by atomic mass is 10.1. The number of amides is 1. The molecule has 0 aliphatic carbocycles. The molecule has 0 atom stereocenters. The second-order valence-electron chi connectivity index (χ2n) is 4.76. The number of ether oxygens (including phenoxy) is 1. The van der Waals surface area contributed by atoms with E-state index < -0.39 is 5.97 Å². The van der Waals surface area contributed by atoms with Gasteiger partial charge in [0.05, 0.1) is 18.4 Å². The normalized spacial score (nSPS) is 10.0. The Balaban J connectivity index is 1.95. The van der Waals surface area contributed by atoms with Gasteiger partial charge in [0.15, 0.2) is 0 Å². The van der Waals surface area contributed by atoms with Crippen molar-refractivity contribution in [1.82, 2.24) is 0 Å². The van der Waals surface area contributed by atoms with E-state index in [2.05, 4.69) is 10.1 Å². The molecule has 2 rings (SSSR count). The topological polar surface area (TPSA) is 75.6 Å². The van der Waals surface area contributed by atoms with E-state index in [0.717, 1.165) is 5.56 Å². The Kier molecular flexibility index (Phi) is 5.14. The lowest BCUT2D eigenvalue weighted by Crippen LogP contribution is -2.12. The van der Waals surface area contributed by atoms with Gasteiger partial charge in [-0.15, -0.1) is 0 Å². The Labute approximate surface area is 128 Å². The molecule has 5 heteroatoms. The summed E-state index contributed by atoms with van der Waals surface area (Å²) < 4.78 is 4.56. The molecule has 0 saturated carbocycles. The summed E-state index contributed by atoms with van der Waals surface area (Å²) in [5.74, 6) is -0.918. The first-order valence-corrected chi connectivity index (χ1v) is 6.85. The van der Waals surface area contributed by atoms with Crippen molar-refractivity contribution in [1.29, 1.82) is 0 Å². The fourth-order valence-electron chi connectivity index (χ4n) is 2.00. The lowest BCUT2D eigenvalue weighted by Gasteiger charge is -2.08. The number of nitrogens with one attached hydrogen (secondary N) is 1. The van der Waals surface area contributed by atoms with Crippen LogP contribution in [0.5, 0.6) is 5.75 Å². The number of benzene rings is 2. The SMILES string of the molecule is COC(=O)c1ccc(NC(=O)CCc2ccccc2)c(O)c1. The number of aromatic hydroxyl groups is 1. The molecule has 22 heavy (non-hydrogen) atoms. The number of phenolic OH excluding ortho intramolecular Hbond substituents is 1. The summed E-state index contributed by atoms with van der Waals surface area (Å²) in [7, 11) is 1.26. The molecular weight excluding hydrogens is 282 g/mol. The third kappa shape index (κ3) is 4.09. The second kappa shape index (κ2) is 7.26. The van der Waals surface area contributed by atoms with E-state index in [1.54, 1.807) is 0 Å². The van der Waals surface area contributed by atoms with E-state index in [1.165, 1.54) is 25.3 Å². The highest BCUT2D eigenvalue weighted by atomic mass is 16.5. The highest BCUT2D eigenvalue weighted by molar-refractivity contribution is 5.95. The minimum Gasteiger partial charge on any atom is -0.506 e. The van der Waals surface area contributed by atoms with Crippen molar-refractivity contribution in [3.63, 3.8) is 0 Å². The number of methoxy groups -OCH3 is 1. The van der Waals surface area contributed by atoms with Gasteiger partial charge in [-0.3, -0.25) is 4.79 Å². The number of carbonyl (C=O) groups is 2. The molecule has 0 spiro atoms. The fourth-order valence-corrected chi connectivity index (χ4v) is 2.00. The van der Waals surface area contributed by atoms with Crippen LogP contribution < -0.4 is 5.32 Å². The van der Waals surface area contributed by atoms with Crippen LogP contribution in [0.3, 0.4) is 0 Å². The van der Waals surface area contributed by atoms with Gasteiger partial charge in [0.2, 0.25) is 5.91 Å². The third-order valence-electron chi connectivity index (χ3n) is 3.18. The minimum atomic E-state index is -0.544. The predicted octanol–water partition coefficient (Wildman–Crippen LogP) is 2.75. The molecule has 0 aliphatic rings. The average Bonchev–Trinajstić information content (AvgIpc) is 2.55. The quantitative estimate of drug-likeness (QED) is 0.657. The van der Waals surface area contributed by atoms with Crippen molar-refractivity contribution in [2.45, 2.75) is 12.8 Å². The lowest BCUT2D eigenvalue weighted by molar-refractivity contribution is -0.116. The van der Waals surface area contributed by atoms with Crippen molar-refractivity contribution in [2.24, 2.45) is 0 Å². The zero-order valence-corrected chi connectivity index (χ0v) is 12.2. The van der Waals surface area contributed by atoms with Gasteiger partial charge in [-0.1, -0.05) is 30.3 Å². The van der Waals surface area contributed by atoms with E-state index >= 15 is 0 Å². The van der Waals surface area contributed by atoms with E-state index in [4.69, 9.17) is 0 Å². The molecule has 5 nitrogen and oxygen atoms in total. The molecule has 0 saturated heterocycles. The number of anilines is 1. The van der Waals surface area contributed by atoms with Gasteiger partial charge in [0.1, 0.15) is 5.75 Å². The molecule has 0 fully saturated rings. The minimum absolute atomic E-state index is 0.170. The van der Waals surface area contributed by atoms with Crippen LogP contribution in [0.2, 0.25) is 0 Å². The number of carbonyl (C=O) groups excluding carboxylic acids is 2. The van der Waals surface area contributed by atoms with E-state index in [-0.39, 0.29) is 22.9 Å². The van der Waals surface area contributed by atoms with Crippen LogP contribution in [0, 0.1) is 0 Å². The molecule has 0 bridgehead atoms. The molecule has 0 heterocycles. The number of rotatable bonds is 5. The van der Waals surface area contributed by atoms with E-state index in [0.29, 0.717) is 12.8 Å². The standard InChI is InChI=1S/C17H17NO4/c1-22-17(21)13-8-9-14(15(19)11-13)18-16(20)10-7-12-5-3-2-4-6-12/h2-6,8-9,11,19H,7,10H2,1H3,(H,18,20). The molecule has 1 amide bonds. The van der Waals surface area contributed by atoms with E-state index in [9.17, 15) is 14.7 Å². The third-order valence-corrected chi connectivity index (χ3v) is 3.18. The van der Waals surface area contributed by atoms with Crippen molar-refractivity contribution >= 4 is 17.6 Å². The van der Waals surface area contributed by atoms with Gasteiger partial charge >= 0.3 is 5.97 Å². The summed E-state index contributed by atoms with van der Waals surface area (Å²) in [4.78, 5) is 23.2. The van der Waals surface area contributed by atoms with Gasteiger partial charge in [0.25, 0.3) is 0 Å². The van der Waals surface area contributed by atoms with Crippen LogP contribution >= 0.6 is 0 Å². The van der Waals surface area contributed by atoms with Gasteiger partial charge in [-0.2, -0.15) is 0 Å². The zero-order valence-electron chi connectivity index (χ0n) is 12.2. The fraction of sp³-hybridized carbons (Fsp3) is 0.176. The highest BCUT2D eigenvalue weighted by Crippen LogP contribution is 2.24. The Morgan fingerprint density at radius 2 is 1.86 bits per heavy atom. The van der Waals surface area contributed by atoms with Crippen LogP contribution in [0.25, 0.3) is 0 Å². The van der Waals surface area contributed by atoms with Gasteiger partial charge < -0.3 is 15.2 Å². The first kappa shape index (κ1) is 15.6. The maximum absolute atomic E-state index is 11.9. The van der Waals surface area contributed by atoms with Gasteiger partial charge in [-0.05, 0) is 30.2 Å². The molecule has 0 aliphatic heterocycles. The Morgan fingerprint density at radius 3 is 2.50 bits per heavy atom. The summed E-state index contributed by atoms with van der Waals surface area (Å²) in [6, 6.07) is 13.9. The molecule has 114 valence electrons. The van der Waals surface area contributed by atoms with Crippen LogP contribution in [-0.4, -0.2) is 24.1 Å². The molecular formula is C17H17NO4. The maximum Gasteiger partial charge on any atom is 0.337 e. The summed E-state index contributed by atoms with van der Waals surface area (Å²) in [6.45, 7) is 0. The Hall–Kier alpha value is -2.82.